The van der Waals surface area contributed by atoms with E-state index in [1.807, 2.05) is 13.8 Å². The van der Waals surface area contributed by atoms with Crippen LogP contribution < -0.4 is 11.1 Å². The monoisotopic (exact) mass is 258 g/mol. The minimum Gasteiger partial charge on any atom is -0.467 e. The van der Waals surface area contributed by atoms with Crippen LogP contribution in [0.1, 0.15) is 26.7 Å². The molecule has 0 aromatic rings. The van der Waals surface area contributed by atoms with Crippen molar-refractivity contribution in [1.82, 2.24) is 5.32 Å². The first-order valence-electron chi connectivity index (χ1n) is 6.23. The molecule has 1 amide bonds. The predicted octanol–water partition coefficient (Wildman–Crippen LogP) is -0.193. The molecule has 104 valence electrons. The average molecular weight is 258 g/mol. The molecule has 1 rings (SSSR count). The fourth-order valence-corrected chi connectivity index (χ4v) is 1.94. The van der Waals surface area contributed by atoms with Gasteiger partial charge in [-0.05, 0) is 18.8 Å². The van der Waals surface area contributed by atoms with Crippen molar-refractivity contribution in [3.05, 3.63) is 0 Å². The molecule has 0 aliphatic carbocycles. The predicted molar refractivity (Wildman–Crippen MR) is 65.7 cm³/mol. The third-order valence-corrected chi connectivity index (χ3v) is 3.08. The van der Waals surface area contributed by atoms with Gasteiger partial charge < -0.3 is 20.5 Å². The maximum atomic E-state index is 12.0. The molecule has 3 N–H and O–H groups in total. The smallest absolute Gasteiger partial charge is 0.328 e. The van der Waals surface area contributed by atoms with Gasteiger partial charge in [0.1, 0.15) is 12.1 Å². The SMILES string of the molecule is COC(=O)C(NC(=O)C1CCC(CN)O1)C(C)C. The van der Waals surface area contributed by atoms with Crippen LogP contribution in [0.5, 0.6) is 0 Å². The Balaban J connectivity index is 2.54. The highest BCUT2D eigenvalue weighted by Crippen LogP contribution is 2.19. The molecule has 1 aliphatic rings. The van der Waals surface area contributed by atoms with Gasteiger partial charge in [-0.3, -0.25) is 4.79 Å². The molecular formula is C12H22N2O4. The zero-order chi connectivity index (χ0) is 13.7. The van der Waals surface area contributed by atoms with Crippen molar-refractivity contribution in [1.29, 1.82) is 0 Å². The molecule has 0 aromatic carbocycles. The Hall–Kier alpha value is -1.14. The number of carbonyl (C=O) groups excluding carboxylic acids is 2. The van der Waals surface area contributed by atoms with Gasteiger partial charge in [0.05, 0.1) is 13.2 Å². The minimum absolute atomic E-state index is 0.0342. The van der Waals surface area contributed by atoms with Crippen molar-refractivity contribution in [2.24, 2.45) is 11.7 Å². The van der Waals surface area contributed by atoms with Gasteiger partial charge >= 0.3 is 5.97 Å². The number of nitrogens with two attached hydrogens (primary N) is 1. The van der Waals surface area contributed by atoms with Gasteiger partial charge in [-0.15, -0.1) is 0 Å². The highest BCUT2D eigenvalue weighted by atomic mass is 16.5. The highest BCUT2D eigenvalue weighted by molar-refractivity contribution is 5.87. The number of ether oxygens (including phenoxy) is 2. The summed E-state index contributed by atoms with van der Waals surface area (Å²) < 4.78 is 10.1. The van der Waals surface area contributed by atoms with Gasteiger partial charge in [-0.1, -0.05) is 13.8 Å². The molecule has 3 atom stereocenters. The number of hydrogen-bond donors (Lipinski definition) is 2. The van der Waals surface area contributed by atoms with Crippen LogP contribution in [0, 0.1) is 5.92 Å². The molecule has 1 heterocycles. The molecule has 0 saturated carbocycles. The van der Waals surface area contributed by atoms with Crippen molar-refractivity contribution < 1.29 is 19.1 Å². The number of rotatable bonds is 5. The van der Waals surface area contributed by atoms with Crippen molar-refractivity contribution in [2.75, 3.05) is 13.7 Å². The summed E-state index contributed by atoms with van der Waals surface area (Å²) >= 11 is 0. The van der Waals surface area contributed by atoms with E-state index in [2.05, 4.69) is 10.1 Å². The van der Waals surface area contributed by atoms with E-state index in [0.29, 0.717) is 13.0 Å². The largest absolute Gasteiger partial charge is 0.467 e. The number of methoxy groups -OCH3 is 1. The molecule has 0 radical (unpaired) electrons. The fraction of sp³-hybridized carbons (Fsp3) is 0.833. The minimum atomic E-state index is -0.636. The number of nitrogens with one attached hydrogen (secondary N) is 1. The molecule has 1 aliphatic heterocycles. The zero-order valence-corrected chi connectivity index (χ0v) is 11.1. The number of amides is 1. The molecule has 0 bridgehead atoms. The van der Waals surface area contributed by atoms with Crippen LogP contribution in [0.25, 0.3) is 0 Å². The maximum absolute atomic E-state index is 12.0. The van der Waals surface area contributed by atoms with E-state index in [0.717, 1.165) is 6.42 Å². The Kier molecular flexibility index (Phi) is 5.55. The third-order valence-electron chi connectivity index (χ3n) is 3.08. The van der Waals surface area contributed by atoms with E-state index in [1.54, 1.807) is 0 Å². The molecule has 6 heteroatoms. The van der Waals surface area contributed by atoms with Crippen molar-refractivity contribution in [2.45, 2.75) is 44.9 Å². The average Bonchev–Trinajstić information content (AvgIpc) is 2.83. The van der Waals surface area contributed by atoms with Gasteiger partial charge in [0.2, 0.25) is 5.91 Å². The quantitative estimate of drug-likeness (QED) is 0.667. The van der Waals surface area contributed by atoms with Gasteiger partial charge in [-0.25, -0.2) is 4.79 Å². The summed E-state index contributed by atoms with van der Waals surface area (Å²) in [5.41, 5.74) is 5.48. The van der Waals surface area contributed by atoms with Crippen molar-refractivity contribution >= 4 is 11.9 Å². The molecule has 1 fully saturated rings. The van der Waals surface area contributed by atoms with Crippen LogP contribution in [0.4, 0.5) is 0 Å². The lowest BCUT2D eigenvalue weighted by atomic mass is 10.0. The van der Waals surface area contributed by atoms with E-state index < -0.39 is 18.1 Å². The van der Waals surface area contributed by atoms with E-state index >= 15 is 0 Å². The van der Waals surface area contributed by atoms with Gasteiger partial charge in [-0.2, -0.15) is 0 Å². The summed E-state index contributed by atoms with van der Waals surface area (Å²) in [4.78, 5) is 23.5. The Bertz CT molecular complexity index is 306. The lowest BCUT2D eigenvalue weighted by Gasteiger charge is -2.21. The normalized spacial score (nSPS) is 24.9. The third kappa shape index (κ3) is 3.68. The second kappa shape index (κ2) is 6.70. The topological polar surface area (TPSA) is 90.7 Å². The summed E-state index contributed by atoms with van der Waals surface area (Å²) in [7, 11) is 1.31. The molecule has 1 saturated heterocycles. The molecule has 0 spiro atoms. The number of esters is 1. The van der Waals surface area contributed by atoms with Crippen LogP contribution in [0.2, 0.25) is 0 Å². The Morgan fingerprint density at radius 3 is 2.56 bits per heavy atom. The zero-order valence-electron chi connectivity index (χ0n) is 11.1. The van der Waals surface area contributed by atoms with Crippen LogP contribution >= 0.6 is 0 Å². The van der Waals surface area contributed by atoms with E-state index in [-0.39, 0.29) is 17.9 Å². The summed E-state index contributed by atoms with van der Waals surface area (Å²) in [6.45, 7) is 4.11. The first kappa shape index (κ1) is 14.9. The molecule has 0 aromatic heterocycles. The van der Waals surface area contributed by atoms with Gasteiger partial charge in [0.15, 0.2) is 0 Å². The summed E-state index contributed by atoms with van der Waals surface area (Å²) in [5, 5.41) is 2.67. The Morgan fingerprint density at radius 2 is 2.11 bits per heavy atom. The van der Waals surface area contributed by atoms with Crippen LogP contribution in [0.3, 0.4) is 0 Å². The standard InChI is InChI=1S/C12H22N2O4/c1-7(2)10(12(16)17-3)14-11(15)9-5-4-8(6-13)18-9/h7-10H,4-6,13H2,1-3H3,(H,14,15). The fourth-order valence-electron chi connectivity index (χ4n) is 1.94. The highest BCUT2D eigenvalue weighted by Gasteiger charge is 2.33. The number of carbonyl (C=O) groups is 2. The van der Waals surface area contributed by atoms with E-state index in [4.69, 9.17) is 10.5 Å². The summed E-state index contributed by atoms with van der Waals surface area (Å²) in [6.07, 6.45) is 0.847. The van der Waals surface area contributed by atoms with Gasteiger partial charge in [0.25, 0.3) is 0 Å². The van der Waals surface area contributed by atoms with E-state index in [9.17, 15) is 9.59 Å². The van der Waals surface area contributed by atoms with Gasteiger partial charge in [0, 0.05) is 6.54 Å². The lowest BCUT2D eigenvalue weighted by molar-refractivity contribution is -0.148. The van der Waals surface area contributed by atoms with E-state index in [1.165, 1.54) is 7.11 Å². The second-order valence-corrected chi connectivity index (χ2v) is 4.81. The molecule has 3 unspecified atom stereocenters. The first-order chi connectivity index (χ1) is 8.49. The van der Waals surface area contributed by atoms with Crippen LogP contribution in [0.15, 0.2) is 0 Å². The first-order valence-corrected chi connectivity index (χ1v) is 6.23. The summed E-state index contributed by atoms with van der Waals surface area (Å²) in [5.74, 6) is -0.741. The Morgan fingerprint density at radius 1 is 1.44 bits per heavy atom. The van der Waals surface area contributed by atoms with Crippen molar-refractivity contribution in [3.8, 4) is 0 Å². The second-order valence-electron chi connectivity index (χ2n) is 4.81. The Labute approximate surface area is 107 Å². The lowest BCUT2D eigenvalue weighted by Crippen LogP contribution is -2.48. The maximum Gasteiger partial charge on any atom is 0.328 e. The van der Waals surface area contributed by atoms with Crippen LogP contribution in [-0.2, 0) is 19.1 Å². The number of hydrogen-bond acceptors (Lipinski definition) is 5. The van der Waals surface area contributed by atoms with Crippen molar-refractivity contribution in [3.63, 3.8) is 0 Å². The molecule has 18 heavy (non-hydrogen) atoms. The molecule has 6 nitrogen and oxygen atoms in total. The van der Waals surface area contributed by atoms with Crippen LogP contribution in [-0.4, -0.2) is 43.8 Å². The summed E-state index contributed by atoms with van der Waals surface area (Å²) in [6, 6.07) is -0.636. The molecular weight excluding hydrogens is 236 g/mol.